The summed E-state index contributed by atoms with van der Waals surface area (Å²) >= 11 is 1.74. The Kier molecular flexibility index (Phi) is 2.67. The minimum Gasteiger partial charge on any atom is -0.385 e. The maximum Gasteiger partial charge on any atom is 0.0930 e. The molecule has 14 heavy (non-hydrogen) atoms. The molecule has 1 aromatic rings. The van der Waals surface area contributed by atoms with Gasteiger partial charge in [0.2, 0.25) is 0 Å². The molecule has 2 atom stereocenters. The van der Waals surface area contributed by atoms with E-state index in [2.05, 4.69) is 25.3 Å². The molecule has 1 saturated carbocycles. The first-order chi connectivity index (χ1) is 6.63. The van der Waals surface area contributed by atoms with E-state index in [9.17, 15) is 5.11 Å². The summed E-state index contributed by atoms with van der Waals surface area (Å²) in [7, 11) is 0. The van der Waals surface area contributed by atoms with Crippen molar-refractivity contribution in [2.75, 3.05) is 0 Å². The molecule has 0 radical (unpaired) electrons. The van der Waals surface area contributed by atoms with Gasteiger partial charge in [-0.3, -0.25) is 0 Å². The minimum absolute atomic E-state index is 0.408. The number of rotatable bonds is 1. The molecule has 1 heterocycles. The van der Waals surface area contributed by atoms with Crippen LogP contribution in [0.5, 0.6) is 0 Å². The molecule has 0 spiro atoms. The molecule has 0 amide bonds. The van der Waals surface area contributed by atoms with Crippen molar-refractivity contribution >= 4 is 11.3 Å². The maximum absolute atomic E-state index is 10.6. The van der Waals surface area contributed by atoms with Gasteiger partial charge in [0.1, 0.15) is 0 Å². The van der Waals surface area contributed by atoms with Crippen molar-refractivity contribution in [2.24, 2.45) is 5.92 Å². The van der Waals surface area contributed by atoms with Gasteiger partial charge in [-0.2, -0.15) is 0 Å². The lowest BCUT2D eigenvalue weighted by molar-refractivity contribution is -0.0466. The van der Waals surface area contributed by atoms with Crippen molar-refractivity contribution in [3.05, 3.63) is 21.9 Å². The van der Waals surface area contributed by atoms with Crippen molar-refractivity contribution in [2.45, 2.75) is 45.1 Å². The Morgan fingerprint density at radius 1 is 1.50 bits per heavy atom. The zero-order valence-electron chi connectivity index (χ0n) is 8.92. The zero-order valence-corrected chi connectivity index (χ0v) is 9.73. The van der Waals surface area contributed by atoms with Crippen LogP contribution < -0.4 is 0 Å². The van der Waals surface area contributed by atoms with Crippen LogP contribution in [0.1, 0.15) is 43.0 Å². The van der Waals surface area contributed by atoms with Gasteiger partial charge in [0.15, 0.2) is 0 Å². The fourth-order valence-corrected chi connectivity index (χ4v) is 3.21. The number of hydrogen-bond acceptors (Lipinski definition) is 2. The van der Waals surface area contributed by atoms with E-state index in [0.29, 0.717) is 5.92 Å². The fraction of sp³-hybridized carbons (Fsp3) is 0.667. The summed E-state index contributed by atoms with van der Waals surface area (Å²) in [6.07, 6.45) is 4.53. The van der Waals surface area contributed by atoms with Gasteiger partial charge >= 0.3 is 0 Å². The molecular formula is C12H18OS. The highest BCUT2D eigenvalue weighted by molar-refractivity contribution is 7.10. The molecule has 0 bridgehead atoms. The van der Waals surface area contributed by atoms with Gasteiger partial charge in [-0.25, -0.2) is 0 Å². The van der Waals surface area contributed by atoms with Crippen LogP contribution in [-0.2, 0) is 5.60 Å². The molecule has 2 rings (SSSR count). The molecular weight excluding hydrogens is 192 g/mol. The van der Waals surface area contributed by atoms with Gasteiger partial charge in [0.05, 0.1) is 5.60 Å². The van der Waals surface area contributed by atoms with Crippen LogP contribution in [0.25, 0.3) is 0 Å². The van der Waals surface area contributed by atoms with Gasteiger partial charge in [-0.15, -0.1) is 11.3 Å². The Hall–Kier alpha value is -0.340. The molecule has 1 fully saturated rings. The normalized spacial score (nSPS) is 33.2. The van der Waals surface area contributed by atoms with Crippen LogP contribution >= 0.6 is 11.3 Å². The molecule has 1 aliphatic rings. The molecule has 2 heteroatoms. The SMILES string of the molecule is Cc1cc(C2(O)CCCCC2C)cs1. The first-order valence-electron chi connectivity index (χ1n) is 5.41. The van der Waals surface area contributed by atoms with Gasteiger partial charge in [0, 0.05) is 4.88 Å². The van der Waals surface area contributed by atoms with Gasteiger partial charge < -0.3 is 5.11 Å². The summed E-state index contributed by atoms with van der Waals surface area (Å²) in [5.74, 6) is 0.408. The van der Waals surface area contributed by atoms with Gasteiger partial charge in [-0.1, -0.05) is 19.8 Å². The Labute approximate surface area is 89.8 Å². The van der Waals surface area contributed by atoms with Crippen molar-refractivity contribution in [3.63, 3.8) is 0 Å². The Morgan fingerprint density at radius 2 is 2.29 bits per heavy atom. The molecule has 1 N–H and O–H groups in total. The summed E-state index contributed by atoms with van der Waals surface area (Å²) in [4.78, 5) is 1.30. The lowest BCUT2D eigenvalue weighted by Gasteiger charge is -2.37. The fourth-order valence-electron chi connectivity index (χ4n) is 2.43. The van der Waals surface area contributed by atoms with E-state index in [4.69, 9.17) is 0 Å². The molecule has 1 aliphatic carbocycles. The van der Waals surface area contributed by atoms with Gasteiger partial charge in [0.25, 0.3) is 0 Å². The highest BCUT2D eigenvalue weighted by Crippen LogP contribution is 2.42. The number of aliphatic hydroxyl groups is 1. The highest BCUT2D eigenvalue weighted by atomic mass is 32.1. The Balaban J connectivity index is 2.29. The summed E-state index contributed by atoms with van der Waals surface area (Å²) < 4.78 is 0. The second-order valence-corrected chi connectivity index (χ2v) is 5.63. The van der Waals surface area contributed by atoms with Crippen molar-refractivity contribution in [1.29, 1.82) is 0 Å². The topological polar surface area (TPSA) is 20.2 Å². The van der Waals surface area contributed by atoms with E-state index in [1.165, 1.54) is 11.3 Å². The van der Waals surface area contributed by atoms with E-state index < -0.39 is 5.60 Å². The third kappa shape index (κ3) is 1.61. The lowest BCUT2D eigenvalue weighted by Crippen LogP contribution is -2.35. The third-order valence-electron chi connectivity index (χ3n) is 3.49. The number of thiophene rings is 1. The van der Waals surface area contributed by atoms with Crippen LogP contribution in [-0.4, -0.2) is 5.11 Å². The molecule has 78 valence electrons. The molecule has 0 aliphatic heterocycles. The minimum atomic E-state index is -0.539. The van der Waals surface area contributed by atoms with E-state index in [-0.39, 0.29) is 0 Å². The first kappa shape index (κ1) is 10.2. The Bertz CT molecular complexity index is 318. The smallest absolute Gasteiger partial charge is 0.0930 e. The quantitative estimate of drug-likeness (QED) is 0.752. The van der Waals surface area contributed by atoms with Gasteiger partial charge in [-0.05, 0) is 42.7 Å². The predicted octanol–water partition coefficient (Wildman–Crippen LogP) is 3.45. The van der Waals surface area contributed by atoms with Crippen LogP contribution in [0.15, 0.2) is 11.4 Å². The second kappa shape index (κ2) is 3.67. The van der Waals surface area contributed by atoms with Crippen LogP contribution in [0.4, 0.5) is 0 Å². The monoisotopic (exact) mass is 210 g/mol. The highest BCUT2D eigenvalue weighted by Gasteiger charge is 2.37. The van der Waals surface area contributed by atoms with Crippen LogP contribution in [0, 0.1) is 12.8 Å². The maximum atomic E-state index is 10.6. The lowest BCUT2D eigenvalue weighted by atomic mass is 9.73. The van der Waals surface area contributed by atoms with Crippen molar-refractivity contribution in [1.82, 2.24) is 0 Å². The largest absolute Gasteiger partial charge is 0.385 e. The first-order valence-corrected chi connectivity index (χ1v) is 6.29. The van der Waals surface area contributed by atoms with Crippen molar-refractivity contribution < 1.29 is 5.11 Å². The Morgan fingerprint density at radius 3 is 2.86 bits per heavy atom. The van der Waals surface area contributed by atoms with E-state index >= 15 is 0 Å². The van der Waals surface area contributed by atoms with E-state index in [0.717, 1.165) is 24.8 Å². The predicted molar refractivity (Wildman–Crippen MR) is 60.6 cm³/mol. The molecule has 0 saturated heterocycles. The molecule has 0 aromatic carbocycles. The molecule has 1 aromatic heterocycles. The average molecular weight is 210 g/mol. The van der Waals surface area contributed by atoms with E-state index in [1.54, 1.807) is 11.3 Å². The van der Waals surface area contributed by atoms with E-state index in [1.807, 2.05) is 0 Å². The van der Waals surface area contributed by atoms with Crippen LogP contribution in [0.3, 0.4) is 0 Å². The summed E-state index contributed by atoms with van der Waals surface area (Å²) in [6, 6.07) is 2.15. The van der Waals surface area contributed by atoms with Crippen molar-refractivity contribution in [3.8, 4) is 0 Å². The number of aryl methyl sites for hydroxylation is 1. The molecule has 1 nitrogen and oxygen atoms in total. The summed E-state index contributed by atoms with van der Waals surface area (Å²) in [6.45, 7) is 4.27. The average Bonchev–Trinajstić information content (AvgIpc) is 2.58. The standard InChI is InChI=1S/C12H18OS/c1-9-5-3-4-6-12(9,13)11-7-10(2)14-8-11/h7-9,13H,3-6H2,1-2H3. The van der Waals surface area contributed by atoms with Crippen LogP contribution in [0.2, 0.25) is 0 Å². The second-order valence-electron chi connectivity index (χ2n) is 4.52. The summed E-state index contributed by atoms with van der Waals surface area (Å²) in [5, 5.41) is 12.8. The zero-order chi connectivity index (χ0) is 10.2. The molecule has 2 unspecified atom stereocenters. The number of hydrogen-bond donors (Lipinski definition) is 1. The third-order valence-corrected chi connectivity index (χ3v) is 4.35. The summed E-state index contributed by atoms with van der Waals surface area (Å²) in [5.41, 5.74) is 0.607.